The first kappa shape index (κ1) is 14.4. The Kier molecular flexibility index (Phi) is 4.63. The van der Waals surface area contributed by atoms with Gasteiger partial charge in [0.1, 0.15) is 5.82 Å². The molecule has 0 aromatic heterocycles. The fraction of sp³-hybridized carbons (Fsp3) is 0.133. The maximum Gasteiger partial charge on any atom is 0.251 e. The first-order valence-electron chi connectivity index (χ1n) is 6.21. The largest absolute Gasteiger partial charge is 0.398 e. The van der Waals surface area contributed by atoms with Crippen LogP contribution in [-0.4, -0.2) is 12.5 Å². The van der Waals surface area contributed by atoms with E-state index < -0.39 is 0 Å². The minimum Gasteiger partial charge on any atom is -0.398 e. The molecule has 0 saturated carbocycles. The molecule has 2 aromatic carbocycles. The average molecular weight is 290 g/mol. The van der Waals surface area contributed by atoms with Crippen LogP contribution in [0.5, 0.6) is 0 Å². The van der Waals surface area contributed by atoms with Gasteiger partial charge < -0.3 is 11.1 Å². The van der Waals surface area contributed by atoms with Gasteiger partial charge in [0.15, 0.2) is 0 Å². The van der Waals surface area contributed by atoms with Crippen LogP contribution in [0.25, 0.3) is 0 Å². The number of hydrogen-bond acceptors (Lipinski definition) is 3. The third kappa shape index (κ3) is 3.51. The van der Waals surface area contributed by atoms with Gasteiger partial charge in [0, 0.05) is 27.6 Å². The van der Waals surface area contributed by atoms with E-state index in [1.807, 2.05) is 6.92 Å². The van der Waals surface area contributed by atoms with Crippen LogP contribution in [0.4, 0.5) is 10.1 Å². The molecule has 0 bridgehead atoms. The summed E-state index contributed by atoms with van der Waals surface area (Å²) in [5.41, 5.74) is 7.07. The predicted molar refractivity (Wildman–Crippen MR) is 79.4 cm³/mol. The molecular weight excluding hydrogens is 275 g/mol. The van der Waals surface area contributed by atoms with Gasteiger partial charge >= 0.3 is 0 Å². The monoisotopic (exact) mass is 290 g/mol. The van der Waals surface area contributed by atoms with Crippen LogP contribution in [0.3, 0.4) is 0 Å². The van der Waals surface area contributed by atoms with Gasteiger partial charge in [0.05, 0.1) is 0 Å². The quantitative estimate of drug-likeness (QED) is 0.849. The van der Waals surface area contributed by atoms with Gasteiger partial charge in [-0.2, -0.15) is 0 Å². The van der Waals surface area contributed by atoms with Crippen molar-refractivity contribution in [2.24, 2.45) is 0 Å². The highest BCUT2D eigenvalue weighted by Crippen LogP contribution is 2.32. The number of carbonyl (C=O) groups is 1. The van der Waals surface area contributed by atoms with Crippen molar-refractivity contribution in [3.05, 3.63) is 53.8 Å². The molecule has 0 aliphatic heterocycles. The number of nitrogens with one attached hydrogen (secondary N) is 1. The van der Waals surface area contributed by atoms with E-state index in [1.165, 1.54) is 23.9 Å². The van der Waals surface area contributed by atoms with Crippen molar-refractivity contribution in [1.29, 1.82) is 0 Å². The molecule has 0 fully saturated rings. The lowest BCUT2D eigenvalue weighted by molar-refractivity contribution is 0.0955. The molecule has 0 unspecified atom stereocenters. The molecular formula is C15H15FN2OS. The molecule has 5 heteroatoms. The fourth-order valence-electron chi connectivity index (χ4n) is 1.66. The lowest BCUT2D eigenvalue weighted by Gasteiger charge is -2.08. The van der Waals surface area contributed by atoms with Crippen LogP contribution >= 0.6 is 11.8 Å². The Morgan fingerprint density at radius 1 is 1.25 bits per heavy atom. The number of halogens is 1. The molecule has 0 aliphatic rings. The zero-order chi connectivity index (χ0) is 14.5. The molecule has 0 atom stereocenters. The van der Waals surface area contributed by atoms with E-state index in [0.717, 1.165) is 9.79 Å². The van der Waals surface area contributed by atoms with Gasteiger partial charge in [-0.25, -0.2) is 4.39 Å². The molecule has 1 amide bonds. The van der Waals surface area contributed by atoms with Crippen molar-refractivity contribution in [3.8, 4) is 0 Å². The fourth-order valence-corrected chi connectivity index (χ4v) is 2.55. The Bertz CT molecular complexity index is 614. The summed E-state index contributed by atoms with van der Waals surface area (Å²) in [5, 5.41) is 2.74. The molecule has 0 spiro atoms. The number of nitrogens with two attached hydrogens (primary N) is 1. The van der Waals surface area contributed by atoms with Crippen molar-refractivity contribution in [2.75, 3.05) is 12.3 Å². The zero-order valence-corrected chi connectivity index (χ0v) is 11.8. The third-order valence-electron chi connectivity index (χ3n) is 2.65. The molecule has 0 saturated heterocycles. The van der Waals surface area contributed by atoms with Gasteiger partial charge in [-0.15, -0.1) is 0 Å². The molecule has 3 nitrogen and oxygen atoms in total. The van der Waals surface area contributed by atoms with Crippen LogP contribution in [0, 0.1) is 5.82 Å². The van der Waals surface area contributed by atoms with E-state index in [4.69, 9.17) is 5.73 Å². The summed E-state index contributed by atoms with van der Waals surface area (Å²) < 4.78 is 12.9. The molecule has 104 valence electrons. The van der Waals surface area contributed by atoms with Crippen LogP contribution in [0.1, 0.15) is 17.3 Å². The van der Waals surface area contributed by atoms with E-state index in [-0.39, 0.29) is 11.7 Å². The molecule has 2 aromatic rings. The number of nitrogen functional groups attached to an aromatic ring is 1. The average Bonchev–Trinajstić information content (AvgIpc) is 2.44. The van der Waals surface area contributed by atoms with E-state index in [0.29, 0.717) is 17.8 Å². The van der Waals surface area contributed by atoms with Crippen LogP contribution in [0.2, 0.25) is 0 Å². The maximum atomic E-state index is 12.9. The Morgan fingerprint density at radius 3 is 2.60 bits per heavy atom. The summed E-state index contributed by atoms with van der Waals surface area (Å²) in [6, 6.07) is 11.3. The summed E-state index contributed by atoms with van der Waals surface area (Å²) >= 11 is 1.40. The predicted octanol–water partition coefficient (Wildman–Crippen LogP) is 3.31. The SMILES string of the molecule is CCNC(=O)c1ccc(N)c(Sc2ccc(F)cc2)c1. The smallest absolute Gasteiger partial charge is 0.251 e. The summed E-state index contributed by atoms with van der Waals surface area (Å²) in [4.78, 5) is 13.4. The standard InChI is InChI=1S/C15H15FN2OS/c1-2-18-15(19)10-3-8-13(17)14(9-10)20-12-6-4-11(16)5-7-12/h3-9H,2,17H2,1H3,(H,18,19). The second kappa shape index (κ2) is 6.43. The van der Waals surface area contributed by atoms with Gasteiger partial charge in [0.25, 0.3) is 5.91 Å². The minimum atomic E-state index is -0.279. The lowest BCUT2D eigenvalue weighted by atomic mass is 10.2. The van der Waals surface area contributed by atoms with Crippen LogP contribution in [0.15, 0.2) is 52.3 Å². The highest BCUT2D eigenvalue weighted by atomic mass is 32.2. The molecule has 20 heavy (non-hydrogen) atoms. The lowest BCUT2D eigenvalue weighted by Crippen LogP contribution is -2.22. The van der Waals surface area contributed by atoms with Crippen LogP contribution < -0.4 is 11.1 Å². The van der Waals surface area contributed by atoms with Crippen molar-refractivity contribution >= 4 is 23.4 Å². The Balaban J connectivity index is 2.24. The minimum absolute atomic E-state index is 0.131. The van der Waals surface area contributed by atoms with Gasteiger partial charge in [-0.05, 0) is 49.4 Å². The summed E-state index contributed by atoms with van der Waals surface area (Å²) in [7, 11) is 0. The summed E-state index contributed by atoms with van der Waals surface area (Å²) in [6.07, 6.45) is 0. The zero-order valence-electron chi connectivity index (χ0n) is 11.0. The van der Waals surface area contributed by atoms with Crippen molar-refractivity contribution in [2.45, 2.75) is 16.7 Å². The van der Waals surface area contributed by atoms with E-state index in [2.05, 4.69) is 5.32 Å². The third-order valence-corrected chi connectivity index (χ3v) is 3.74. The van der Waals surface area contributed by atoms with E-state index in [9.17, 15) is 9.18 Å². The number of anilines is 1. The van der Waals surface area contributed by atoms with Gasteiger partial charge in [-0.3, -0.25) is 4.79 Å². The summed E-state index contributed by atoms with van der Waals surface area (Å²) in [6.45, 7) is 2.44. The first-order valence-corrected chi connectivity index (χ1v) is 7.03. The van der Waals surface area contributed by atoms with Gasteiger partial charge in [0.2, 0.25) is 0 Å². The highest BCUT2D eigenvalue weighted by molar-refractivity contribution is 7.99. The number of carbonyl (C=O) groups excluding carboxylic acids is 1. The molecule has 0 aliphatic carbocycles. The van der Waals surface area contributed by atoms with Gasteiger partial charge in [-0.1, -0.05) is 11.8 Å². The highest BCUT2D eigenvalue weighted by Gasteiger charge is 2.09. The Morgan fingerprint density at radius 2 is 1.95 bits per heavy atom. The second-order valence-corrected chi connectivity index (χ2v) is 5.28. The number of rotatable bonds is 4. The van der Waals surface area contributed by atoms with Crippen LogP contribution in [-0.2, 0) is 0 Å². The van der Waals surface area contributed by atoms with E-state index >= 15 is 0 Å². The normalized spacial score (nSPS) is 10.3. The van der Waals surface area contributed by atoms with Crippen molar-refractivity contribution in [1.82, 2.24) is 5.32 Å². The van der Waals surface area contributed by atoms with Crippen molar-refractivity contribution in [3.63, 3.8) is 0 Å². The second-order valence-electron chi connectivity index (χ2n) is 4.17. The number of amides is 1. The summed E-state index contributed by atoms with van der Waals surface area (Å²) in [5.74, 6) is -0.410. The molecule has 0 radical (unpaired) electrons. The molecule has 2 rings (SSSR count). The Hall–Kier alpha value is -2.01. The molecule has 0 heterocycles. The van der Waals surface area contributed by atoms with Crippen molar-refractivity contribution < 1.29 is 9.18 Å². The molecule has 3 N–H and O–H groups in total. The number of benzene rings is 2. The maximum absolute atomic E-state index is 12.9. The van der Waals surface area contributed by atoms with E-state index in [1.54, 1.807) is 30.3 Å². The Labute approximate surface area is 121 Å². The first-order chi connectivity index (χ1) is 9.60. The number of hydrogen-bond donors (Lipinski definition) is 2. The topological polar surface area (TPSA) is 55.1 Å².